The first-order valence-electron chi connectivity index (χ1n) is 5.11. The van der Waals surface area contributed by atoms with E-state index in [4.69, 9.17) is 10.8 Å². The topological polar surface area (TPSA) is 104 Å². The molecule has 1 heterocycles. The van der Waals surface area contributed by atoms with Gasteiger partial charge in [-0.1, -0.05) is 6.07 Å². The van der Waals surface area contributed by atoms with Crippen LogP contribution in [0.15, 0.2) is 18.2 Å². The first-order chi connectivity index (χ1) is 8.00. The van der Waals surface area contributed by atoms with Crippen molar-refractivity contribution in [3.05, 3.63) is 23.8 Å². The number of anilines is 2. The van der Waals surface area contributed by atoms with Crippen LogP contribution in [0.5, 0.6) is 0 Å². The molecule has 4 N–H and O–H groups in total. The number of carbonyl (C=O) groups excluding carboxylic acids is 1. The largest absolute Gasteiger partial charge is 0.478 e. The third kappa shape index (κ3) is 1.94. The number of aliphatic hydroxyl groups excluding tert-OH is 1. The number of amides is 1. The molecule has 1 aliphatic heterocycles. The van der Waals surface area contributed by atoms with Crippen LogP contribution in [0, 0.1) is 0 Å². The van der Waals surface area contributed by atoms with E-state index < -0.39 is 12.1 Å². The number of β-amino-alcohol motifs (C(OH)–C–C–N with tert-alkyl or cyclic N) is 1. The number of carbonyl (C=O) groups is 2. The first-order valence-corrected chi connectivity index (χ1v) is 5.11. The molecule has 1 atom stereocenters. The van der Waals surface area contributed by atoms with Gasteiger partial charge in [-0.25, -0.2) is 4.79 Å². The van der Waals surface area contributed by atoms with Crippen molar-refractivity contribution < 1.29 is 19.8 Å². The molecule has 1 fully saturated rings. The SMILES string of the molecule is Nc1c(C(=O)O)cccc1N1CC(O)CC1=O. The summed E-state index contributed by atoms with van der Waals surface area (Å²) < 4.78 is 0. The molecule has 1 aromatic carbocycles. The molecule has 6 nitrogen and oxygen atoms in total. The zero-order valence-corrected chi connectivity index (χ0v) is 8.96. The second-order valence-corrected chi connectivity index (χ2v) is 3.91. The second-order valence-electron chi connectivity index (χ2n) is 3.91. The van der Waals surface area contributed by atoms with Crippen LogP contribution >= 0.6 is 0 Å². The van der Waals surface area contributed by atoms with E-state index in [1.807, 2.05) is 0 Å². The van der Waals surface area contributed by atoms with E-state index in [0.29, 0.717) is 5.69 Å². The molecule has 0 radical (unpaired) electrons. The molecular formula is C11H12N2O4. The maximum atomic E-state index is 11.6. The van der Waals surface area contributed by atoms with Crippen molar-refractivity contribution in [2.45, 2.75) is 12.5 Å². The predicted octanol–water partition coefficient (Wildman–Crippen LogP) is 0.0646. The molecule has 0 aliphatic carbocycles. The van der Waals surface area contributed by atoms with Crippen LogP contribution in [0.2, 0.25) is 0 Å². The maximum Gasteiger partial charge on any atom is 0.337 e. The van der Waals surface area contributed by atoms with E-state index in [0.717, 1.165) is 0 Å². The number of nitrogen functional groups attached to an aromatic ring is 1. The van der Waals surface area contributed by atoms with Crippen molar-refractivity contribution >= 4 is 23.3 Å². The lowest BCUT2D eigenvalue weighted by Gasteiger charge is -2.18. The molecule has 17 heavy (non-hydrogen) atoms. The molecule has 0 aromatic heterocycles. The fourth-order valence-corrected chi connectivity index (χ4v) is 1.90. The van der Waals surface area contributed by atoms with E-state index in [9.17, 15) is 14.7 Å². The number of hydrogen-bond acceptors (Lipinski definition) is 4. The average molecular weight is 236 g/mol. The van der Waals surface area contributed by atoms with Gasteiger partial charge in [0.15, 0.2) is 0 Å². The van der Waals surface area contributed by atoms with E-state index >= 15 is 0 Å². The lowest BCUT2D eigenvalue weighted by atomic mass is 10.1. The Hall–Kier alpha value is -2.08. The third-order valence-corrected chi connectivity index (χ3v) is 2.71. The van der Waals surface area contributed by atoms with Gasteiger partial charge in [0, 0.05) is 0 Å². The van der Waals surface area contributed by atoms with E-state index in [2.05, 4.69) is 0 Å². The summed E-state index contributed by atoms with van der Waals surface area (Å²) in [5.41, 5.74) is 6.05. The molecule has 6 heteroatoms. The number of benzene rings is 1. The fourth-order valence-electron chi connectivity index (χ4n) is 1.90. The van der Waals surface area contributed by atoms with Crippen molar-refractivity contribution in [3.63, 3.8) is 0 Å². The van der Waals surface area contributed by atoms with Crippen LogP contribution < -0.4 is 10.6 Å². The van der Waals surface area contributed by atoms with E-state index in [-0.39, 0.29) is 30.1 Å². The summed E-state index contributed by atoms with van der Waals surface area (Å²) in [7, 11) is 0. The number of aliphatic hydroxyl groups is 1. The van der Waals surface area contributed by atoms with Gasteiger partial charge < -0.3 is 20.8 Å². The van der Waals surface area contributed by atoms with Crippen LogP contribution in [0.3, 0.4) is 0 Å². The summed E-state index contributed by atoms with van der Waals surface area (Å²) in [6.07, 6.45) is -0.688. The van der Waals surface area contributed by atoms with Gasteiger partial charge in [-0.3, -0.25) is 4.79 Å². The molecule has 90 valence electrons. The van der Waals surface area contributed by atoms with Crippen LogP contribution in [0.1, 0.15) is 16.8 Å². The Balaban J connectivity index is 2.43. The second kappa shape index (κ2) is 4.06. The average Bonchev–Trinajstić information content (AvgIpc) is 2.57. The molecule has 1 saturated heterocycles. The number of rotatable bonds is 2. The standard InChI is InChI=1S/C11H12N2O4/c12-10-7(11(16)17)2-1-3-8(10)13-5-6(14)4-9(13)15/h1-3,6,14H,4-5,12H2,(H,16,17). The number of aromatic carboxylic acids is 1. The highest BCUT2D eigenvalue weighted by atomic mass is 16.4. The normalized spacial score (nSPS) is 19.7. The smallest absolute Gasteiger partial charge is 0.337 e. The Bertz CT molecular complexity index is 486. The zero-order chi connectivity index (χ0) is 12.6. The molecule has 0 saturated carbocycles. The summed E-state index contributed by atoms with van der Waals surface area (Å²) >= 11 is 0. The number of hydrogen-bond donors (Lipinski definition) is 3. The van der Waals surface area contributed by atoms with Crippen molar-refractivity contribution in [3.8, 4) is 0 Å². The Morgan fingerprint density at radius 3 is 2.71 bits per heavy atom. The molecule has 1 unspecified atom stereocenters. The molecular weight excluding hydrogens is 224 g/mol. The summed E-state index contributed by atoms with van der Waals surface area (Å²) in [5.74, 6) is -1.40. The van der Waals surface area contributed by atoms with Crippen LogP contribution in [0.25, 0.3) is 0 Å². The molecule has 2 rings (SSSR count). The highest BCUT2D eigenvalue weighted by Gasteiger charge is 2.30. The molecule has 0 spiro atoms. The number of carboxylic acid groups (broad SMARTS) is 1. The minimum atomic E-state index is -1.14. The summed E-state index contributed by atoms with van der Waals surface area (Å²) in [6, 6.07) is 4.46. The lowest BCUT2D eigenvalue weighted by Crippen LogP contribution is -2.26. The minimum Gasteiger partial charge on any atom is -0.478 e. The van der Waals surface area contributed by atoms with Gasteiger partial charge in [0.05, 0.1) is 36.0 Å². The Morgan fingerprint density at radius 2 is 2.18 bits per heavy atom. The predicted molar refractivity (Wildman–Crippen MR) is 60.8 cm³/mol. The third-order valence-electron chi connectivity index (χ3n) is 2.71. The molecule has 1 aromatic rings. The fraction of sp³-hybridized carbons (Fsp3) is 0.273. The van der Waals surface area contributed by atoms with Crippen LogP contribution in [-0.4, -0.2) is 34.7 Å². The quantitative estimate of drug-likeness (QED) is 0.630. The summed E-state index contributed by atoms with van der Waals surface area (Å²) in [5, 5.41) is 18.3. The monoisotopic (exact) mass is 236 g/mol. The van der Waals surface area contributed by atoms with Crippen molar-refractivity contribution in [1.82, 2.24) is 0 Å². The van der Waals surface area contributed by atoms with Gasteiger partial charge >= 0.3 is 5.97 Å². The van der Waals surface area contributed by atoms with Gasteiger partial charge in [-0.15, -0.1) is 0 Å². The van der Waals surface area contributed by atoms with Gasteiger partial charge in [0.2, 0.25) is 5.91 Å². The van der Waals surface area contributed by atoms with Crippen molar-refractivity contribution in [2.24, 2.45) is 0 Å². The van der Waals surface area contributed by atoms with E-state index in [1.165, 1.54) is 17.0 Å². The number of carboxylic acids is 1. The van der Waals surface area contributed by atoms with Gasteiger partial charge in [0.25, 0.3) is 0 Å². The molecule has 1 aliphatic rings. The van der Waals surface area contributed by atoms with Crippen molar-refractivity contribution in [2.75, 3.05) is 17.2 Å². The van der Waals surface area contributed by atoms with Crippen LogP contribution in [-0.2, 0) is 4.79 Å². The van der Waals surface area contributed by atoms with Crippen LogP contribution in [0.4, 0.5) is 11.4 Å². The van der Waals surface area contributed by atoms with Crippen molar-refractivity contribution in [1.29, 1.82) is 0 Å². The number of nitrogens with two attached hydrogens (primary N) is 1. The Kier molecular flexibility index (Phi) is 2.72. The van der Waals surface area contributed by atoms with Gasteiger partial charge in [0.1, 0.15) is 0 Å². The first kappa shape index (κ1) is 11.4. The zero-order valence-electron chi connectivity index (χ0n) is 8.96. The highest BCUT2D eigenvalue weighted by Crippen LogP contribution is 2.30. The Labute approximate surface area is 97.3 Å². The maximum absolute atomic E-state index is 11.6. The van der Waals surface area contributed by atoms with Gasteiger partial charge in [-0.2, -0.15) is 0 Å². The molecule has 1 amide bonds. The molecule has 0 bridgehead atoms. The summed E-state index contributed by atoms with van der Waals surface area (Å²) in [4.78, 5) is 23.8. The van der Waals surface area contributed by atoms with E-state index in [1.54, 1.807) is 6.07 Å². The number of nitrogens with zero attached hydrogens (tertiary/aromatic N) is 1. The Morgan fingerprint density at radius 1 is 1.47 bits per heavy atom. The minimum absolute atomic E-state index is 0.0384. The lowest BCUT2D eigenvalue weighted by molar-refractivity contribution is -0.117. The number of para-hydroxylation sites is 1. The van der Waals surface area contributed by atoms with Gasteiger partial charge in [-0.05, 0) is 12.1 Å². The summed E-state index contributed by atoms with van der Waals surface area (Å²) in [6.45, 7) is 0.145. The highest BCUT2D eigenvalue weighted by molar-refractivity contribution is 6.03.